The van der Waals surface area contributed by atoms with Gasteiger partial charge in [-0.05, 0) is 68.9 Å². The zero-order valence-corrected chi connectivity index (χ0v) is 19.4. The maximum absolute atomic E-state index is 17.1. The van der Waals surface area contributed by atoms with Gasteiger partial charge in [-0.25, -0.2) is 4.39 Å². The number of ketones is 1. The van der Waals surface area contributed by atoms with Crippen molar-refractivity contribution in [2.75, 3.05) is 12.4 Å². The van der Waals surface area contributed by atoms with Crippen LogP contribution < -0.4 is 0 Å². The molecule has 0 heterocycles. The van der Waals surface area contributed by atoms with Crippen molar-refractivity contribution in [2.45, 2.75) is 88.7 Å². The Balaban J connectivity index is 1.74. The molecule has 0 aromatic rings. The van der Waals surface area contributed by atoms with E-state index in [1.807, 2.05) is 6.92 Å². The Morgan fingerprint density at radius 1 is 1.27 bits per heavy atom. The molecule has 4 aliphatic rings. The predicted molar refractivity (Wildman–Crippen MR) is 119 cm³/mol. The van der Waals surface area contributed by atoms with Gasteiger partial charge in [0.1, 0.15) is 0 Å². The van der Waals surface area contributed by atoms with Crippen LogP contribution in [0.25, 0.3) is 0 Å². The molecule has 0 radical (unpaired) electrons. The Morgan fingerprint density at radius 2 is 2.03 bits per heavy atom. The van der Waals surface area contributed by atoms with E-state index in [1.54, 1.807) is 23.9 Å². The average molecular weight is 439 g/mol. The fourth-order valence-electron chi connectivity index (χ4n) is 7.70. The lowest BCUT2D eigenvalue weighted by Gasteiger charge is -2.63. The summed E-state index contributed by atoms with van der Waals surface area (Å²) in [5.41, 5.74) is -2.05. The maximum atomic E-state index is 17.1. The molecule has 1 unspecified atom stereocenters. The van der Waals surface area contributed by atoms with Crippen molar-refractivity contribution < 1.29 is 18.7 Å². The minimum absolute atomic E-state index is 0.0817. The molecule has 2 nitrogen and oxygen atoms in total. The first-order chi connectivity index (χ1) is 14.2. The fourth-order valence-corrected chi connectivity index (χ4v) is 9.29. The second-order valence-electron chi connectivity index (χ2n) is 10.4. The monoisotopic (exact) mass is 438 g/mol. The van der Waals surface area contributed by atoms with Gasteiger partial charge in [-0.2, -0.15) is 11.8 Å². The maximum Gasteiger partial charge on any atom is 0.178 e. The van der Waals surface area contributed by atoms with E-state index < -0.39 is 17.2 Å². The third-order valence-electron chi connectivity index (χ3n) is 9.32. The van der Waals surface area contributed by atoms with E-state index >= 15 is 4.39 Å². The van der Waals surface area contributed by atoms with Gasteiger partial charge in [0.2, 0.25) is 0 Å². The van der Waals surface area contributed by atoms with Crippen LogP contribution in [0, 0.1) is 22.7 Å². The van der Waals surface area contributed by atoms with Crippen LogP contribution >= 0.6 is 11.8 Å². The number of alkyl halides is 2. The quantitative estimate of drug-likeness (QED) is 0.553. The smallest absolute Gasteiger partial charge is 0.178 e. The number of allylic oxidation sites excluding steroid dienone is 4. The third kappa shape index (κ3) is 2.86. The van der Waals surface area contributed by atoms with Gasteiger partial charge < -0.3 is 5.11 Å². The Bertz CT molecular complexity index is 756. The van der Waals surface area contributed by atoms with Gasteiger partial charge in [0.15, 0.2) is 11.5 Å². The number of aliphatic hydroxyl groups is 1. The van der Waals surface area contributed by atoms with Crippen LogP contribution in [-0.2, 0) is 4.79 Å². The van der Waals surface area contributed by atoms with Crippen molar-refractivity contribution in [1.29, 1.82) is 0 Å². The van der Waals surface area contributed by atoms with Gasteiger partial charge in [-0.15, -0.1) is 0 Å². The number of hydrogen-bond donors (Lipinski definition) is 1. The minimum Gasteiger partial charge on any atom is -0.390 e. The van der Waals surface area contributed by atoms with Crippen LogP contribution in [0.5, 0.6) is 0 Å². The van der Waals surface area contributed by atoms with Crippen molar-refractivity contribution in [2.24, 2.45) is 22.7 Å². The normalized spacial score (nSPS) is 47.5. The number of hydrogen-bond acceptors (Lipinski definition) is 3. The molecule has 0 spiro atoms. The zero-order valence-electron chi connectivity index (χ0n) is 18.6. The SMILES string of the molecule is CCCC[C@]1(SCCF)CC[C@H]2[C@@H]3CCC4=CC(=O)C=C[C@]4(C)C3(F)[C@@H](O)C[C@@]21C. The number of carbonyl (C=O) groups is 1. The number of unbranched alkanes of at least 4 members (excludes halogenated alkanes) is 1. The molecule has 168 valence electrons. The van der Waals surface area contributed by atoms with E-state index in [9.17, 15) is 14.3 Å². The average Bonchev–Trinajstić information content (AvgIpc) is 2.99. The molecule has 30 heavy (non-hydrogen) atoms. The number of fused-ring (bicyclic) bond motifs is 5. The number of halogens is 2. The van der Waals surface area contributed by atoms with Gasteiger partial charge >= 0.3 is 0 Å². The molecule has 0 amide bonds. The molecule has 4 rings (SSSR count). The Hall–Kier alpha value is -0.680. The summed E-state index contributed by atoms with van der Waals surface area (Å²) in [6.07, 6.45) is 10.6. The van der Waals surface area contributed by atoms with Crippen molar-refractivity contribution in [3.63, 3.8) is 0 Å². The summed E-state index contributed by atoms with van der Waals surface area (Å²) in [5, 5.41) is 11.4. The summed E-state index contributed by atoms with van der Waals surface area (Å²) in [5.74, 6) is 0.338. The molecule has 0 aliphatic heterocycles. The molecule has 3 fully saturated rings. The third-order valence-corrected chi connectivity index (χ3v) is 11.1. The first-order valence-electron chi connectivity index (χ1n) is 11.7. The van der Waals surface area contributed by atoms with Gasteiger partial charge in [-0.3, -0.25) is 9.18 Å². The largest absolute Gasteiger partial charge is 0.390 e. The summed E-state index contributed by atoms with van der Waals surface area (Å²) < 4.78 is 30.2. The summed E-state index contributed by atoms with van der Waals surface area (Å²) in [4.78, 5) is 11.9. The van der Waals surface area contributed by atoms with Crippen molar-refractivity contribution in [3.05, 3.63) is 23.8 Å². The highest BCUT2D eigenvalue weighted by Crippen LogP contribution is 2.72. The van der Waals surface area contributed by atoms with Gasteiger partial charge in [0, 0.05) is 21.8 Å². The van der Waals surface area contributed by atoms with Crippen LogP contribution in [0.1, 0.15) is 72.1 Å². The summed E-state index contributed by atoms with van der Waals surface area (Å²) >= 11 is 1.74. The van der Waals surface area contributed by atoms with Crippen molar-refractivity contribution in [3.8, 4) is 0 Å². The molecular formula is C25H36F2O2S. The lowest BCUT2D eigenvalue weighted by atomic mass is 9.45. The molecule has 0 bridgehead atoms. The lowest BCUT2D eigenvalue weighted by Crippen LogP contribution is -2.67. The van der Waals surface area contributed by atoms with E-state index in [-0.39, 0.29) is 34.5 Å². The van der Waals surface area contributed by atoms with E-state index in [0.29, 0.717) is 25.0 Å². The van der Waals surface area contributed by atoms with Gasteiger partial charge in [-0.1, -0.05) is 38.3 Å². The van der Waals surface area contributed by atoms with Crippen molar-refractivity contribution in [1.82, 2.24) is 0 Å². The van der Waals surface area contributed by atoms with E-state index in [4.69, 9.17) is 0 Å². The molecule has 3 saturated carbocycles. The second kappa shape index (κ2) is 7.72. The predicted octanol–water partition coefficient (Wildman–Crippen LogP) is 5.99. The second-order valence-corrected chi connectivity index (χ2v) is 11.9. The van der Waals surface area contributed by atoms with E-state index in [1.165, 1.54) is 6.08 Å². The fraction of sp³-hybridized carbons (Fsp3) is 0.800. The highest BCUT2D eigenvalue weighted by Gasteiger charge is 2.72. The highest BCUT2D eigenvalue weighted by molar-refractivity contribution is 8.00. The van der Waals surface area contributed by atoms with Crippen LogP contribution in [0.15, 0.2) is 23.8 Å². The number of carbonyl (C=O) groups excluding carboxylic acids is 1. The molecule has 0 aromatic heterocycles. The Morgan fingerprint density at radius 3 is 2.73 bits per heavy atom. The molecule has 0 saturated heterocycles. The number of aliphatic hydroxyl groups excluding tert-OH is 1. The lowest BCUT2D eigenvalue weighted by molar-refractivity contribution is -0.192. The molecular weight excluding hydrogens is 402 g/mol. The summed E-state index contributed by atoms with van der Waals surface area (Å²) in [6, 6.07) is 0. The van der Waals surface area contributed by atoms with E-state index in [2.05, 4.69) is 13.8 Å². The molecule has 7 atom stereocenters. The van der Waals surface area contributed by atoms with E-state index in [0.717, 1.165) is 37.7 Å². The minimum atomic E-state index is -1.76. The molecule has 4 aliphatic carbocycles. The Labute approximate surface area is 184 Å². The first kappa shape index (κ1) is 22.5. The van der Waals surface area contributed by atoms with Gasteiger partial charge in [0.05, 0.1) is 12.8 Å². The molecule has 0 aromatic carbocycles. The van der Waals surface area contributed by atoms with Crippen molar-refractivity contribution >= 4 is 17.5 Å². The summed E-state index contributed by atoms with van der Waals surface area (Å²) in [6.45, 7) is 5.96. The van der Waals surface area contributed by atoms with Gasteiger partial charge in [0.25, 0.3) is 0 Å². The number of thioether (sulfide) groups is 1. The van der Waals surface area contributed by atoms with Crippen LogP contribution in [-0.4, -0.2) is 39.8 Å². The first-order valence-corrected chi connectivity index (χ1v) is 12.7. The van der Waals surface area contributed by atoms with Crippen LogP contribution in [0.2, 0.25) is 0 Å². The zero-order chi connectivity index (χ0) is 21.8. The number of rotatable bonds is 6. The Kier molecular flexibility index (Phi) is 5.79. The van der Waals surface area contributed by atoms with Crippen LogP contribution in [0.4, 0.5) is 8.78 Å². The molecule has 1 N–H and O–H groups in total. The molecule has 5 heteroatoms. The highest BCUT2D eigenvalue weighted by atomic mass is 32.2. The summed E-state index contributed by atoms with van der Waals surface area (Å²) in [7, 11) is 0. The standard InChI is InChI=1S/C25H36F2O2S/c1-4-5-10-24(30-14-13-26)12-9-19-20-7-6-17-15-18(28)8-11-22(17,2)25(20,27)21(29)16-23(19,24)3/h8,11,15,19-21,29H,4-7,9-10,12-14,16H2,1-3H3/t19-,20-,21-,22-,23-,24-,25?/m0/s1. The van der Waals surface area contributed by atoms with Crippen LogP contribution in [0.3, 0.4) is 0 Å². The topological polar surface area (TPSA) is 37.3 Å².